The van der Waals surface area contributed by atoms with Gasteiger partial charge in [-0.2, -0.15) is 11.8 Å². The first-order valence-electron chi connectivity index (χ1n) is 6.89. The highest BCUT2D eigenvalue weighted by Gasteiger charge is 2.18. The molecule has 0 unspecified atom stereocenters. The third-order valence-electron chi connectivity index (χ3n) is 2.85. The molecule has 0 spiro atoms. The second-order valence-electron chi connectivity index (χ2n) is 5.83. The topological polar surface area (TPSA) is 72.5 Å². The van der Waals surface area contributed by atoms with Crippen molar-refractivity contribution in [2.24, 2.45) is 0 Å². The Kier molecular flexibility index (Phi) is 6.46. The fraction of sp³-hybridized carbons (Fsp3) is 0.533. The van der Waals surface area contributed by atoms with Crippen molar-refractivity contribution < 1.29 is 17.9 Å². The number of carbonyl (C=O) groups is 1. The summed E-state index contributed by atoms with van der Waals surface area (Å²) in [4.78, 5) is 11.7. The third-order valence-corrected chi connectivity index (χ3v) is 5.59. The number of ether oxygens (including phenoxy) is 1. The van der Waals surface area contributed by atoms with Crippen molar-refractivity contribution in [2.75, 3.05) is 19.4 Å². The number of nitrogens with one attached hydrogen (secondary N) is 1. The van der Waals surface area contributed by atoms with Gasteiger partial charge >= 0.3 is 5.97 Å². The molecule has 1 N–H and O–H groups in total. The molecule has 7 heteroatoms. The number of sulfonamides is 1. The molecular weight excluding hydrogens is 322 g/mol. The first-order chi connectivity index (χ1) is 10.1. The van der Waals surface area contributed by atoms with Gasteiger partial charge in [-0.05, 0) is 24.6 Å². The molecule has 0 saturated carbocycles. The Labute approximate surface area is 136 Å². The van der Waals surface area contributed by atoms with Gasteiger partial charge in [0.1, 0.15) is 0 Å². The number of rotatable bonds is 6. The second-order valence-corrected chi connectivity index (χ2v) is 9.52. The number of thioether (sulfide) groups is 1. The maximum absolute atomic E-state index is 12.3. The Bertz CT molecular complexity index is 633. The van der Waals surface area contributed by atoms with Gasteiger partial charge in [-0.1, -0.05) is 26.8 Å². The Morgan fingerprint density at radius 2 is 1.95 bits per heavy atom. The van der Waals surface area contributed by atoms with Crippen LogP contribution in [0.25, 0.3) is 0 Å². The van der Waals surface area contributed by atoms with Crippen molar-refractivity contribution >= 4 is 27.8 Å². The van der Waals surface area contributed by atoms with Crippen LogP contribution >= 0.6 is 11.8 Å². The fourth-order valence-electron chi connectivity index (χ4n) is 1.71. The molecule has 0 amide bonds. The number of hydrogen-bond donors (Lipinski definition) is 1. The molecule has 0 heterocycles. The minimum atomic E-state index is -3.63. The number of methoxy groups -OCH3 is 1. The van der Waals surface area contributed by atoms with Crippen LogP contribution in [0.2, 0.25) is 0 Å². The molecule has 1 aromatic rings. The van der Waals surface area contributed by atoms with E-state index in [1.807, 2.05) is 0 Å². The highest BCUT2D eigenvalue weighted by atomic mass is 32.2. The van der Waals surface area contributed by atoms with Gasteiger partial charge in [-0.25, -0.2) is 17.9 Å². The van der Waals surface area contributed by atoms with Gasteiger partial charge in [0.15, 0.2) is 0 Å². The fourth-order valence-corrected chi connectivity index (χ4v) is 3.72. The molecule has 1 rings (SSSR count). The van der Waals surface area contributed by atoms with Crippen molar-refractivity contribution in [1.29, 1.82) is 0 Å². The Morgan fingerprint density at radius 3 is 2.50 bits per heavy atom. The minimum absolute atomic E-state index is 0.0688. The largest absolute Gasteiger partial charge is 0.465 e. The first kappa shape index (κ1) is 19.0. The Hall–Kier alpha value is -1.05. The van der Waals surface area contributed by atoms with Crippen LogP contribution in [0.1, 0.15) is 36.7 Å². The van der Waals surface area contributed by atoms with E-state index in [0.29, 0.717) is 17.9 Å². The van der Waals surface area contributed by atoms with Gasteiger partial charge in [0.05, 0.1) is 17.6 Å². The zero-order valence-electron chi connectivity index (χ0n) is 13.6. The normalized spacial score (nSPS) is 12.2. The molecule has 0 aliphatic heterocycles. The molecule has 22 heavy (non-hydrogen) atoms. The summed E-state index contributed by atoms with van der Waals surface area (Å²) >= 11 is 1.68. The van der Waals surface area contributed by atoms with E-state index in [4.69, 9.17) is 0 Å². The van der Waals surface area contributed by atoms with Crippen LogP contribution in [-0.2, 0) is 14.8 Å². The van der Waals surface area contributed by atoms with Crippen molar-refractivity contribution in [3.63, 3.8) is 0 Å². The van der Waals surface area contributed by atoms with Gasteiger partial charge in [0, 0.05) is 17.0 Å². The quantitative estimate of drug-likeness (QED) is 0.634. The van der Waals surface area contributed by atoms with E-state index >= 15 is 0 Å². The summed E-state index contributed by atoms with van der Waals surface area (Å²) in [5.74, 6) is 0.135. The summed E-state index contributed by atoms with van der Waals surface area (Å²) in [6.45, 7) is 8.31. The van der Waals surface area contributed by atoms with E-state index in [2.05, 4.69) is 30.2 Å². The second kappa shape index (κ2) is 7.48. The highest BCUT2D eigenvalue weighted by Crippen LogP contribution is 2.22. The van der Waals surface area contributed by atoms with E-state index in [0.717, 1.165) is 0 Å². The Morgan fingerprint density at radius 1 is 1.32 bits per heavy atom. The van der Waals surface area contributed by atoms with Gasteiger partial charge < -0.3 is 4.74 Å². The molecule has 0 bridgehead atoms. The lowest BCUT2D eigenvalue weighted by molar-refractivity contribution is 0.0599. The summed E-state index contributed by atoms with van der Waals surface area (Å²) in [6, 6.07) is 4.44. The first-order valence-corrected chi connectivity index (χ1v) is 9.36. The molecule has 1 aromatic carbocycles. The van der Waals surface area contributed by atoms with E-state index < -0.39 is 16.0 Å². The summed E-state index contributed by atoms with van der Waals surface area (Å²) in [6.07, 6.45) is 0. The van der Waals surface area contributed by atoms with Gasteiger partial charge in [0.25, 0.3) is 0 Å². The van der Waals surface area contributed by atoms with Crippen molar-refractivity contribution in [3.8, 4) is 0 Å². The average molecular weight is 345 g/mol. The molecule has 5 nitrogen and oxygen atoms in total. The van der Waals surface area contributed by atoms with E-state index in [1.54, 1.807) is 24.8 Å². The third kappa shape index (κ3) is 5.62. The lowest BCUT2D eigenvalue weighted by Gasteiger charge is -2.17. The molecule has 0 radical (unpaired) electrons. The van der Waals surface area contributed by atoms with Crippen LogP contribution in [0.5, 0.6) is 0 Å². The number of hydrogen-bond acceptors (Lipinski definition) is 5. The standard InChI is InChI=1S/C15H23NO4S2/c1-11-6-7-12(10-13(11)14(17)20-5)22(18,19)16-8-9-21-15(2,3)4/h6-7,10,16H,8-9H2,1-5H3. The van der Waals surface area contributed by atoms with E-state index in [1.165, 1.54) is 19.2 Å². The van der Waals surface area contributed by atoms with Crippen LogP contribution in [-0.4, -0.2) is 38.5 Å². The zero-order valence-corrected chi connectivity index (χ0v) is 15.2. The minimum Gasteiger partial charge on any atom is -0.465 e. The van der Waals surface area contributed by atoms with Gasteiger partial charge in [-0.3, -0.25) is 0 Å². The summed E-state index contributed by atoms with van der Waals surface area (Å²) < 4.78 is 31.8. The number of carbonyl (C=O) groups excluding carboxylic acids is 1. The molecule has 0 aliphatic rings. The highest BCUT2D eigenvalue weighted by molar-refractivity contribution is 8.00. The van der Waals surface area contributed by atoms with Gasteiger partial charge in [0.2, 0.25) is 10.0 Å². The average Bonchev–Trinajstić information content (AvgIpc) is 2.42. The van der Waals surface area contributed by atoms with Crippen LogP contribution in [0.15, 0.2) is 23.1 Å². The predicted octanol–water partition coefficient (Wildman–Crippen LogP) is 2.59. The molecular formula is C15H23NO4S2. The summed E-state index contributed by atoms with van der Waals surface area (Å²) in [7, 11) is -2.36. The Balaban J connectivity index is 2.83. The van der Waals surface area contributed by atoms with Crippen LogP contribution in [0.3, 0.4) is 0 Å². The van der Waals surface area contributed by atoms with Crippen molar-refractivity contribution in [3.05, 3.63) is 29.3 Å². The summed E-state index contributed by atoms with van der Waals surface area (Å²) in [5.41, 5.74) is 0.934. The number of esters is 1. The summed E-state index contributed by atoms with van der Waals surface area (Å²) in [5, 5.41) is 0. The van der Waals surface area contributed by atoms with Crippen LogP contribution in [0, 0.1) is 6.92 Å². The van der Waals surface area contributed by atoms with Gasteiger partial charge in [-0.15, -0.1) is 0 Å². The van der Waals surface area contributed by atoms with Crippen molar-refractivity contribution in [1.82, 2.24) is 4.72 Å². The monoisotopic (exact) mass is 345 g/mol. The molecule has 0 saturated heterocycles. The molecule has 0 atom stereocenters. The van der Waals surface area contributed by atoms with Crippen LogP contribution < -0.4 is 4.72 Å². The van der Waals surface area contributed by atoms with Crippen molar-refractivity contribution in [2.45, 2.75) is 37.3 Å². The maximum atomic E-state index is 12.3. The number of benzene rings is 1. The van der Waals surface area contributed by atoms with E-state index in [9.17, 15) is 13.2 Å². The molecule has 124 valence electrons. The molecule has 0 aliphatic carbocycles. The lowest BCUT2D eigenvalue weighted by Crippen LogP contribution is -2.27. The predicted molar refractivity (Wildman–Crippen MR) is 89.9 cm³/mol. The molecule has 0 fully saturated rings. The zero-order chi connectivity index (χ0) is 17.0. The maximum Gasteiger partial charge on any atom is 0.338 e. The SMILES string of the molecule is COC(=O)c1cc(S(=O)(=O)NCCSC(C)(C)C)ccc1C. The lowest BCUT2D eigenvalue weighted by atomic mass is 10.1. The number of aryl methyl sites for hydroxylation is 1. The molecule has 0 aromatic heterocycles. The van der Waals surface area contributed by atoms with E-state index in [-0.39, 0.29) is 15.2 Å². The van der Waals surface area contributed by atoms with Crippen LogP contribution in [0.4, 0.5) is 0 Å². The smallest absolute Gasteiger partial charge is 0.338 e.